The van der Waals surface area contributed by atoms with Crippen molar-refractivity contribution in [2.45, 2.75) is 6.92 Å². The van der Waals surface area contributed by atoms with Crippen molar-refractivity contribution in [3.05, 3.63) is 71.6 Å². The van der Waals surface area contributed by atoms with Crippen LogP contribution in [-0.2, 0) is 4.79 Å². The fraction of sp³-hybridized carbons (Fsp3) is 0.0588. The molecule has 0 aromatic heterocycles. The van der Waals surface area contributed by atoms with E-state index in [1.165, 1.54) is 25.1 Å². The van der Waals surface area contributed by atoms with Gasteiger partial charge in [-0.2, -0.15) is 0 Å². The molecule has 1 N–H and O–H groups in total. The number of ketones is 1. The van der Waals surface area contributed by atoms with Gasteiger partial charge in [-0.25, -0.2) is 4.39 Å². The number of carbonyl (C=O) groups excluding carboxylic acids is 2. The summed E-state index contributed by atoms with van der Waals surface area (Å²) in [5, 5.41) is 2.64. The van der Waals surface area contributed by atoms with Gasteiger partial charge < -0.3 is 5.32 Å². The normalized spacial score (nSPS) is 10.6. The van der Waals surface area contributed by atoms with Gasteiger partial charge in [-0.3, -0.25) is 9.59 Å². The van der Waals surface area contributed by atoms with Crippen LogP contribution in [0.25, 0.3) is 6.08 Å². The summed E-state index contributed by atoms with van der Waals surface area (Å²) in [6.45, 7) is 1.48. The molecule has 0 atom stereocenters. The lowest BCUT2D eigenvalue weighted by atomic mass is 10.1. The minimum absolute atomic E-state index is 0.0349. The second-order valence-corrected chi connectivity index (χ2v) is 4.48. The number of benzene rings is 2. The van der Waals surface area contributed by atoms with Crippen molar-refractivity contribution in [2.75, 3.05) is 5.32 Å². The van der Waals surface area contributed by atoms with Crippen molar-refractivity contribution in [1.82, 2.24) is 0 Å². The molecule has 106 valence electrons. The predicted molar refractivity (Wildman–Crippen MR) is 80.5 cm³/mol. The zero-order valence-corrected chi connectivity index (χ0v) is 11.5. The Hall–Kier alpha value is -2.75. The van der Waals surface area contributed by atoms with Crippen LogP contribution in [0.5, 0.6) is 0 Å². The van der Waals surface area contributed by atoms with E-state index in [1.807, 2.05) is 0 Å². The van der Waals surface area contributed by atoms with Crippen molar-refractivity contribution >= 4 is 23.5 Å². The van der Waals surface area contributed by atoms with Gasteiger partial charge in [0.15, 0.2) is 5.78 Å². The molecule has 0 bridgehead atoms. The first-order valence-electron chi connectivity index (χ1n) is 6.41. The lowest BCUT2D eigenvalue weighted by Gasteiger charge is -2.03. The van der Waals surface area contributed by atoms with Gasteiger partial charge in [0, 0.05) is 22.9 Å². The summed E-state index contributed by atoms with van der Waals surface area (Å²) in [6.07, 6.45) is 2.67. The summed E-state index contributed by atoms with van der Waals surface area (Å²) in [7, 11) is 0. The molecule has 0 aliphatic heterocycles. The summed E-state index contributed by atoms with van der Waals surface area (Å²) in [5.41, 5.74) is 1.50. The first-order valence-corrected chi connectivity index (χ1v) is 6.41. The number of rotatable bonds is 4. The minimum atomic E-state index is -0.382. The number of anilines is 1. The van der Waals surface area contributed by atoms with Crippen LogP contribution >= 0.6 is 0 Å². The van der Waals surface area contributed by atoms with Gasteiger partial charge in [-0.05, 0) is 43.3 Å². The van der Waals surface area contributed by atoms with Crippen molar-refractivity contribution < 1.29 is 14.0 Å². The fourth-order valence-electron chi connectivity index (χ4n) is 1.75. The van der Waals surface area contributed by atoms with E-state index in [9.17, 15) is 14.0 Å². The predicted octanol–water partition coefficient (Wildman–Crippen LogP) is 3.68. The Morgan fingerprint density at radius 3 is 2.33 bits per heavy atom. The Labute approximate surface area is 122 Å². The molecule has 1 amide bonds. The molecule has 0 saturated heterocycles. The van der Waals surface area contributed by atoms with E-state index in [0.29, 0.717) is 16.8 Å². The van der Waals surface area contributed by atoms with E-state index in [-0.39, 0.29) is 17.5 Å². The third kappa shape index (κ3) is 4.11. The molecular formula is C17H14FNO2. The van der Waals surface area contributed by atoms with Crippen LogP contribution in [0.4, 0.5) is 10.1 Å². The van der Waals surface area contributed by atoms with Crippen LogP contribution in [0.3, 0.4) is 0 Å². The monoisotopic (exact) mass is 283 g/mol. The number of amides is 1. The minimum Gasteiger partial charge on any atom is -0.323 e. The van der Waals surface area contributed by atoms with Crippen LogP contribution in [0.15, 0.2) is 54.6 Å². The molecule has 0 spiro atoms. The summed E-state index contributed by atoms with van der Waals surface area (Å²) in [5.74, 6) is -0.784. The van der Waals surface area contributed by atoms with Crippen LogP contribution in [-0.4, -0.2) is 11.7 Å². The van der Waals surface area contributed by atoms with E-state index < -0.39 is 0 Å². The summed E-state index contributed by atoms with van der Waals surface area (Å²) in [6, 6.07) is 12.8. The van der Waals surface area contributed by atoms with E-state index in [1.54, 1.807) is 42.5 Å². The highest BCUT2D eigenvalue weighted by atomic mass is 19.1. The molecule has 0 heterocycles. The Morgan fingerprint density at radius 1 is 1.05 bits per heavy atom. The highest BCUT2D eigenvalue weighted by Crippen LogP contribution is 2.11. The Bertz CT molecular complexity index is 690. The Balaban J connectivity index is 2.02. The summed E-state index contributed by atoms with van der Waals surface area (Å²) >= 11 is 0. The molecular weight excluding hydrogens is 269 g/mol. The average Bonchev–Trinajstić information content (AvgIpc) is 2.47. The average molecular weight is 283 g/mol. The summed E-state index contributed by atoms with van der Waals surface area (Å²) < 4.78 is 13.4. The fourth-order valence-corrected chi connectivity index (χ4v) is 1.75. The zero-order valence-electron chi connectivity index (χ0n) is 11.5. The molecule has 2 rings (SSSR count). The van der Waals surface area contributed by atoms with Crippen LogP contribution in [0.2, 0.25) is 0 Å². The zero-order chi connectivity index (χ0) is 15.2. The molecule has 0 fully saturated rings. The maximum absolute atomic E-state index is 13.4. The lowest BCUT2D eigenvalue weighted by Crippen LogP contribution is -2.07. The molecule has 0 unspecified atom stereocenters. The second kappa shape index (κ2) is 6.61. The third-order valence-electron chi connectivity index (χ3n) is 2.88. The van der Waals surface area contributed by atoms with Gasteiger partial charge in [-0.15, -0.1) is 0 Å². The standard InChI is InChI=1S/C17H14FNO2/c1-12(20)13-6-9-15(10-7-13)19-17(21)11-8-14-4-2-3-5-16(14)18/h2-11H,1H3,(H,19,21)/b11-8+. The topological polar surface area (TPSA) is 46.2 Å². The van der Waals surface area contributed by atoms with E-state index in [4.69, 9.17) is 0 Å². The van der Waals surface area contributed by atoms with E-state index >= 15 is 0 Å². The first-order chi connectivity index (χ1) is 10.1. The number of halogens is 1. The number of hydrogen-bond acceptors (Lipinski definition) is 2. The Kier molecular flexibility index (Phi) is 4.61. The molecule has 4 heteroatoms. The number of Topliss-reactive ketones (excluding diaryl/α,β-unsaturated/α-hetero) is 1. The highest BCUT2D eigenvalue weighted by Gasteiger charge is 2.02. The molecule has 0 radical (unpaired) electrons. The maximum atomic E-state index is 13.4. The quantitative estimate of drug-likeness (QED) is 0.687. The molecule has 0 saturated carbocycles. The van der Waals surface area contributed by atoms with Gasteiger partial charge in [0.25, 0.3) is 0 Å². The highest BCUT2D eigenvalue weighted by molar-refractivity contribution is 6.02. The second-order valence-electron chi connectivity index (χ2n) is 4.48. The third-order valence-corrected chi connectivity index (χ3v) is 2.88. The van der Waals surface area contributed by atoms with Crippen molar-refractivity contribution in [3.8, 4) is 0 Å². The van der Waals surface area contributed by atoms with Crippen LogP contribution in [0.1, 0.15) is 22.8 Å². The van der Waals surface area contributed by atoms with Crippen LogP contribution in [0, 0.1) is 5.82 Å². The van der Waals surface area contributed by atoms with Gasteiger partial charge >= 0.3 is 0 Å². The number of nitrogens with one attached hydrogen (secondary N) is 1. The van der Waals surface area contributed by atoms with Gasteiger partial charge in [0.1, 0.15) is 5.82 Å². The lowest BCUT2D eigenvalue weighted by molar-refractivity contribution is -0.111. The van der Waals surface area contributed by atoms with Crippen LogP contribution < -0.4 is 5.32 Å². The van der Waals surface area contributed by atoms with E-state index in [0.717, 1.165) is 0 Å². The van der Waals surface area contributed by atoms with E-state index in [2.05, 4.69) is 5.32 Å². The van der Waals surface area contributed by atoms with Crippen molar-refractivity contribution in [2.24, 2.45) is 0 Å². The van der Waals surface area contributed by atoms with Gasteiger partial charge in [0.2, 0.25) is 5.91 Å². The molecule has 0 aliphatic rings. The maximum Gasteiger partial charge on any atom is 0.248 e. The van der Waals surface area contributed by atoms with Gasteiger partial charge in [0.05, 0.1) is 0 Å². The molecule has 2 aromatic rings. The molecule has 0 aliphatic carbocycles. The van der Waals surface area contributed by atoms with Crippen molar-refractivity contribution in [1.29, 1.82) is 0 Å². The molecule has 2 aromatic carbocycles. The smallest absolute Gasteiger partial charge is 0.248 e. The largest absolute Gasteiger partial charge is 0.323 e. The first kappa shape index (κ1) is 14.7. The SMILES string of the molecule is CC(=O)c1ccc(NC(=O)/C=C/c2ccccc2F)cc1. The number of hydrogen-bond donors (Lipinski definition) is 1. The number of carbonyl (C=O) groups is 2. The summed E-state index contributed by atoms with van der Waals surface area (Å²) in [4.78, 5) is 22.9. The Morgan fingerprint density at radius 2 is 1.71 bits per heavy atom. The van der Waals surface area contributed by atoms with Gasteiger partial charge in [-0.1, -0.05) is 18.2 Å². The molecule has 21 heavy (non-hydrogen) atoms. The van der Waals surface area contributed by atoms with Crippen molar-refractivity contribution in [3.63, 3.8) is 0 Å². The molecule has 3 nitrogen and oxygen atoms in total.